The number of halogens is 4. The van der Waals surface area contributed by atoms with E-state index in [-0.39, 0.29) is 12.4 Å². The average Bonchev–Trinajstić information content (AvgIpc) is 2.24. The number of hydrogen-bond donors (Lipinski definition) is 2. The van der Waals surface area contributed by atoms with E-state index in [4.69, 9.17) is 0 Å². The van der Waals surface area contributed by atoms with Crippen LogP contribution in [0, 0.1) is 23.4 Å². The Bertz CT molecular complexity index is 452. The first-order valence-electron chi connectivity index (χ1n) is 5.22. The molecule has 1 fully saturated rings. The van der Waals surface area contributed by atoms with Gasteiger partial charge in [0.2, 0.25) is 0 Å². The van der Waals surface area contributed by atoms with Gasteiger partial charge in [0.15, 0.2) is 17.5 Å². The fraction of sp³-hybridized carbons (Fsp3) is 0.364. The molecule has 0 saturated carbocycles. The maximum atomic E-state index is 13.2. The van der Waals surface area contributed by atoms with E-state index in [1.165, 1.54) is 0 Å². The van der Waals surface area contributed by atoms with Crippen molar-refractivity contribution < 1.29 is 18.0 Å². The van der Waals surface area contributed by atoms with E-state index in [2.05, 4.69) is 10.6 Å². The van der Waals surface area contributed by atoms with Crippen LogP contribution < -0.4 is 10.6 Å². The van der Waals surface area contributed by atoms with Gasteiger partial charge in [-0.2, -0.15) is 0 Å². The van der Waals surface area contributed by atoms with Gasteiger partial charge in [0.25, 0.3) is 5.91 Å². The van der Waals surface area contributed by atoms with Gasteiger partial charge in [-0.15, -0.1) is 12.4 Å². The monoisotopic (exact) mass is 280 g/mol. The minimum absolute atomic E-state index is 0. The van der Waals surface area contributed by atoms with Crippen LogP contribution in [0.4, 0.5) is 13.2 Å². The molecular formula is C11H12ClF3N2O. The Labute approximate surface area is 108 Å². The summed E-state index contributed by atoms with van der Waals surface area (Å²) in [7, 11) is 0. The Morgan fingerprint density at radius 2 is 1.94 bits per heavy atom. The summed E-state index contributed by atoms with van der Waals surface area (Å²) in [5, 5.41) is 5.50. The molecule has 18 heavy (non-hydrogen) atoms. The maximum Gasteiger partial charge on any atom is 0.254 e. The number of nitrogens with one attached hydrogen (secondary N) is 2. The fourth-order valence-corrected chi connectivity index (χ4v) is 1.53. The minimum Gasteiger partial charge on any atom is -0.352 e. The van der Waals surface area contributed by atoms with Crippen molar-refractivity contribution in [1.29, 1.82) is 0 Å². The van der Waals surface area contributed by atoms with Crippen molar-refractivity contribution in [3.8, 4) is 0 Å². The zero-order chi connectivity index (χ0) is 12.4. The molecule has 100 valence electrons. The molecule has 0 radical (unpaired) electrons. The third-order valence-corrected chi connectivity index (χ3v) is 2.70. The van der Waals surface area contributed by atoms with Crippen molar-refractivity contribution in [3.05, 3.63) is 35.1 Å². The highest BCUT2D eigenvalue weighted by atomic mass is 35.5. The number of hydrogen-bond acceptors (Lipinski definition) is 2. The lowest BCUT2D eigenvalue weighted by molar-refractivity contribution is 0.0937. The Morgan fingerprint density at radius 1 is 1.28 bits per heavy atom. The van der Waals surface area contributed by atoms with Gasteiger partial charge in [-0.3, -0.25) is 4.79 Å². The average molecular weight is 281 g/mol. The Hall–Kier alpha value is -1.27. The topological polar surface area (TPSA) is 41.1 Å². The summed E-state index contributed by atoms with van der Waals surface area (Å²) < 4.78 is 38.8. The van der Waals surface area contributed by atoms with E-state index < -0.39 is 28.9 Å². The van der Waals surface area contributed by atoms with Crippen molar-refractivity contribution in [2.24, 2.45) is 5.92 Å². The summed E-state index contributed by atoms with van der Waals surface area (Å²) in [6.45, 7) is 1.98. The van der Waals surface area contributed by atoms with Gasteiger partial charge in [-0.1, -0.05) is 0 Å². The molecule has 0 aromatic heterocycles. The Kier molecular flexibility index (Phi) is 4.98. The molecule has 1 aromatic rings. The zero-order valence-corrected chi connectivity index (χ0v) is 10.1. The van der Waals surface area contributed by atoms with Gasteiger partial charge < -0.3 is 10.6 Å². The van der Waals surface area contributed by atoms with E-state index in [9.17, 15) is 18.0 Å². The lowest BCUT2D eigenvalue weighted by Crippen LogP contribution is -2.48. The third-order valence-electron chi connectivity index (χ3n) is 2.70. The second-order valence-electron chi connectivity index (χ2n) is 3.96. The van der Waals surface area contributed by atoms with Gasteiger partial charge in [0.1, 0.15) is 0 Å². The van der Waals surface area contributed by atoms with Crippen molar-refractivity contribution in [3.63, 3.8) is 0 Å². The molecule has 1 aliphatic heterocycles. The third kappa shape index (κ3) is 2.94. The van der Waals surface area contributed by atoms with Gasteiger partial charge >= 0.3 is 0 Å². The minimum atomic E-state index is -1.62. The molecule has 0 aliphatic carbocycles. The number of amides is 1. The normalized spacial score (nSPS) is 14.6. The quantitative estimate of drug-likeness (QED) is 0.824. The molecule has 0 atom stereocenters. The Morgan fingerprint density at radius 3 is 2.50 bits per heavy atom. The van der Waals surface area contributed by atoms with E-state index in [1.807, 2.05) is 0 Å². The largest absolute Gasteiger partial charge is 0.352 e. The maximum absolute atomic E-state index is 13.2. The van der Waals surface area contributed by atoms with Crippen LogP contribution >= 0.6 is 12.4 Å². The van der Waals surface area contributed by atoms with E-state index >= 15 is 0 Å². The standard InChI is InChI=1S/C11H11F3N2O.ClH/c12-8-2-1-7(9(13)10(8)14)11(17)16-5-6-3-15-4-6;/h1-2,6,15H,3-5H2,(H,16,17);1H. The number of rotatable bonds is 3. The van der Waals surface area contributed by atoms with E-state index in [0.29, 0.717) is 12.5 Å². The molecule has 1 aromatic carbocycles. The summed E-state index contributed by atoms with van der Waals surface area (Å²) >= 11 is 0. The Balaban J connectivity index is 0.00000162. The van der Waals surface area contributed by atoms with Crippen LogP contribution in [0.5, 0.6) is 0 Å². The highest BCUT2D eigenvalue weighted by Crippen LogP contribution is 2.15. The SMILES string of the molecule is Cl.O=C(NCC1CNC1)c1ccc(F)c(F)c1F. The first-order valence-corrected chi connectivity index (χ1v) is 5.22. The van der Waals surface area contributed by atoms with Crippen LogP contribution in [0.2, 0.25) is 0 Å². The van der Waals surface area contributed by atoms with Crippen molar-refractivity contribution >= 4 is 18.3 Å². The van der Waals surface area contributed by atoms with Crippen molar-refractivity contribution in [1.82, 2.24) is 10.6 Å². The molecule has 0 bridgehead atoms. The van der Waals surface area contributed by atoms with Gasteiger partial charge in [-0.25, -0.2) is 13.2 Å². The summed E-state index contributed by atoms with van der Waals surface area (Å²) in [5.74, 6) is -4.79. The predicted molar refractivity (Wildman–Crippen MR) is 62.3 cm³/mol. The number of carbonyl (C=O) groups is 1. The molecule has 7 heteroatoms. The molecule has 0 unspecified atom stereocenters. The first-order chi connectivity index (χ1) is 8.09. The summed E-state index contributed by atoms with van der Waals surface area (Å²) in [6.07, 6.45) is 0. The molecule has 2 N–H and O–H groups in total. The van der Waals surface area contributed by atoms with Crippen molar-refractivity contribution in [2.75, 3.05) is 19.6 Å². The lowest BCUT2D eigenvalue weighted by Gasteiger charge is -2.27. The van der Waals surface area contributed by atoms with Crippen LogP contribution in [-0.2, 0) is 0 Å². The molecule has 0 spiro atoms. The van der Waals surface area contributed by atoms with Gasteiger partial charge in [0.05, 0.1) is 5.56 Å². The predicted octanol–water partition coefficient (Wildman–Crippen LogP) is 1.47. The lowest BCUT2D eigenvalue weighted by atomic mass is 10.0. The van der Waals surface area contributed by atoms with Crippen LogP contribution in [0.15, 0.2) is 12.1 Å². The summed E-state index contributed by atoms with van der Waals surface area (Å²) in [5.41, 5.74) is -0.476. The summed E-state index contributed by atoms with van der Waals surface area (Å²) in [6, 6.07) is 1.67. The number of carbonyl (C=O) groups excluding carboxylic acids is 1. The second-order valence-corrected chi connectivity index (χ2v) is 3.96. The molecule has 2 rings (SSSR count). The molecule has 1 aliphatic rings. The van der Waals surface area contributed by atoms with Crippen LogP contribution in [0.25, 0.3) is 0 Å². The summed E-state index contributed by atoms with van der Waals surface area (Å²) in [4.78, 5) is 11.5. The number of benzene rings is 1. The molecule has 1 amide bonds. The molecule has 3 nitrogen and oxygen atoms in total. The van der Waals surface area contributed by atoms with Gasteiger partial charge in [-0.05, 0) is 12.1 Å². The molecule has 1 heterocycles. The van der Waals surface area contributed by atoms with E-state index in [1.54, 1.807) is 0 Å². The van der Waals surface area contributed by atoms with Crippen LogP contribution in [-0.4, -0.2) is 25.5 Å². The second kappa shape index (κ2) is 6.06. The van der Waals surface area contributed by atoms with Crippen LogP contribution in [0.1, 0.15) is 10.4 Å². The van der Waals surface area contributed by atoms with Gasteiger partial charge in [0, 0.05) is 25.6 Å². The van der Waals surface area contributed by atoms with E-state index in [0.717, 1.165) is 25.2 Å². The molecular weight excluding hydrogens is 269 g/mol. The highest BCUT2D eigenvalue weighted by Gasteiger charge is 2.21. The highest BCUT2D eigenvalue weighted by molar-refractivity contribution is 5.94. The molecule has 1 saturated heterocycles. The van der Waals surface area contributed by atoms with Crippen LogP contribution in [0.3, 0.4) is 0 Å². The van der Waals surface area contributed by atoms with Crippen molar-refractivity contribution in [2.45, 2.75) is 0 Å². The smallest absolute Gasteiger partial charge is 0.254 e. The first kappa shape index (κ1) is 14.8. The zero-order valence-electron chi connectivity index (χ0n) is 9.30. The fourth-order valence-electron chi connectivity index (χ4n) is 1.53.